The largest absolute Gasteiger partial charge is 0.456 e. The van der Waals surface area contributed by atoms with E-state index < -0.39 is 0 Å². The Morgan fingerprint density at radius 2 is 1.21 bits per heavy atom. The Hall–Kier alpha value is -5.35. The molecule has 0 bridgehead atoms. The van der Waals surface area contributed by atoms with Gasteiger partial charge in [0.25, 0.3) is 0 Å². The first-order chi connectivity index (χ1) is 19.3. The molecule has 39 heavy (non-hydrogen) atoms. The van der Waals surface area contributed by atoms with Gasteiger partial charge >= 0.3 is 0 Å². The quantitative estimate of drug-likeness (QED) is 0.240. The number of oxazole rings is 1. The third kappa shape index (κ3) is 3.50. The number of benzene rings is 6. The Balaban J connectivity index is 1.35. The third-order valence-corrected chi connectivity index (χ3v) is 7.29. The molecule has 0 aliphatic heterocycles. The Morgan fingerprint density at radius 3 is 2.08 bits per heavy atom. The molecule has 0 saturated carbocycles. The van der Waals surface area contributed by atoms with E-state index in [1.807, 2.05) is 60.7 Å². The predicted molar refractivity (Wildman–Crippen MR) is 159 cm³/mol. The SMILES string of the molecule is c1ccc(-c2nc3ccc4c(N(c5ccccc5)c5ccc6c(c5)oc5ccccc56)cccc4c3o2)cc1. The van der Waals surface area contributed by atoms with Gasteiger partial charge in [-0.2, -0.15) is 0 Å². The van der Waals surface area contributed by atoms with Crippen molar-refractivity contribution in [3.05, 3.63) is 133 Å². The molecule has 0 radical (unpaired) electrons. The first kappa shape index (κ1) is 21.7. The van der Waals surface area contributed by atoms with Gasteiger partial charge < -0.3 is 13.7 Å². The lowest BCUT2D eigenvalue weighted by Crippen LogP contribution is -2.10. The molecule has 2 heterocycles. The van der Waals surface area contributed by atoms with Crippen LogP contribution in [0.3, 0.4) is 0 Å². The first-order valence-electron chi connectivity index (χ1n) is 13.0. The highest BCUT2D eigenvalue weighted by molar-refractivity contribution is 6.11. The fourth-order valence-corrected chi connectivity index (χ4v) is 5.48. The summed E-state index contributed by atoms with van der Waals surface area (Å²) in [5, 5.41) is 4.33. The van der Waals surface area contributed by atoms with Crippen LogP contribution in [0.2, 0.25) is 0 Å². The number of aromatic nitrogens is 1. The minimum atomic E-state index is 0.624. The van der Waals surface area contributed by atoms with Gasteiger partial charge in [0.15, 0.2) is 5.58 Å². The molecule has 0 atom stereocenters. The molecule has 0 fully saturated rings. The number of hydrogen-bond donors (Lipinski definition) is 0. The van der Waals surface area contributed by atoms with E-state index in [1.165, 1.54) is 0 Å². The zero-order valence-electron chi connectivity index (χ0n) is 20.9. The van der Waals surface area contributed by atoms with E-state index in [2.05, 4.69) is 77.7 Å². The minimum Gasteiger partial charge on any atom is -0.456 e. The van der Waals surface area contributed by atoms with Crippen molar-refractivity contribution in [1.82, 2.24) is 4.98 Å². The number of para-hydroxylation sites is 2. The van der Waals surface area contributed by atoms with Crippen molar-refractivity contribution in [3.8, 4) is 11.5 Å². The van der Waals surface area contributed by atoms with Crippen molar-refractivity contribution in [1.29, 1.82) is 0 Å². The molecule has 0 spiro atoms. The van der Waals surface area contributed by atoms with Gasteiger partial charge in [-0.3, -0.25) is 0 Å². The molecule has 0 aliphatic carbocycles. The molecule has 0 amide bonds. The van der Waals surface area contributed by atoms with Crippen molar-refractivity contribution >= 4 is 60.9 Å². The van der Waals surface area contributed by atoms with Crippen LogP contribution in [-0.4, -0.2) is 4.98 Å². The van der Waals surface area contributed by atoms with Crippen LogP contribution in [0.4, 0.5) is 17.1 Å². The summed E-state index contributed by atoms with van der Waals surface area (Å²) in [6.45, 7) is 0. The number of furan rings is 1. The van der Waals surface area contributed by atoms with Crippen LogP contribution in [0.5, 0.6) is 0 Å². The summed E-state index contributed by atoms with van der Waals surface area (Å²) in [6.07, 6.45) is 0. The zero-order valence-corrected chi connectivity index (χ0v) is 20.9. The number of nitrogens with zero attached hydrogens (tertiary/aromatic N) is 2. The average molecular weight is 503 g/mol. The van der Waals surface area contributed by atoms with E-state index in [9.17, 15) is 0 Å². The number of anilines is 3. The van der Waals surface area contributed by atoms with Gasteiger partial charge in [-0.1, -0.05) is 66.7 Å². The summed E-state index contributed by atoms with van der Waals surface area (Å²) < 4.78 is 12.6. The van der Waals surface area contributed by atoms with E-state index >= 15 is 0 Å². The molecule has 4 heteroatoms. The van der Waals surface area contributed by atoms with Crippen LogP contribution >= 0.6 is 0 Å². The number of rotatable bonds is 4. The van der Waals surface area contributed by atoms with Gasteiger partial charge in [0.2, 0.25) is 5.89 Å². The topological polar surface area (TPSA) is 42.4 Å². The average Bonchev–Trinajstić information content (AvgIpc) is 3.60. The maximum atomic E-state index is 6.36. The predicted octanol–water partition coefficient (Wildman–Crippen LogP) is 10.0. The van der Waals surface area contributed by atoms with Crippen molar-refractivity contribution < 1.29 is 8.83 Å². The summed E-state index contributed by atoms with van der Waals surface area (Å²) in [5.74, 6) is 0.624. The van der Waals surface area contributed by atoms with Crippen molar-refractivity contribution in [2.45, 2.75) is 0 Å². The number of fused-ring (bicyclic) bond motifs is 6. The van der Waals surface area contributed by atoms with Crippen LogP contribution in [0.1, 0.15) is 0 Å². The third-order valence-electron chi connectivity index (χ3n) is 7.29. The molecule has 0 aliphatic rings. The fraction of sp³-hybridized carbons (Fsp3) is 0. The lowest BCUT2D eigenvalue weighted by Gasteiger charge is -2.26. The Bertz CT molecular complexity index is 2130. The van der Waals surface area contributed by atoms with Crippen LogP contribution in [-0.2, 0) is 0 Å². The van der Waals surface area contributed by atoms with Crippen LogP contribution < -0.4 is 4.90 Å². The van der Waals surface area contributed by atoms with Gasteiger partial charge in [0.1, 0.15) is 16.7 Å². The monoisotopic (exact) mass is 502 g/mol. The zero-order chi connectivity index (χ0) is 25.8. The molecule has 0 N–H and O–H groups in total. The lowest BCUT2D eigenvalue weighted by molar-refractivity contribution is 0.623. The standard InChI is InChI=1S/C35H22N2O2/c1-3-10-23(11-4-1)35-36-30-21-20-26-29(34(30)39-35)15-9-16-31(26)37(24-12-5-2-6-13-24)25-18-19-28-27-14-7-8-17-32(27)38-33(28)22-25/h1-22H. The molecule has 184 valence electrons. The van der Waals surface area contributed by atoms with Gasteiger partial charge in [0, 0.05) is 44.5 Å². The smallest absolute Gasteiger partial charge is 0.227 e. The molecular weight excluding hydrogens is 480 g/mol. The molecule has 8 rings (SSSR count). The fourth-order valence-electron chi connectivity index (χ4n) is 5.48. The van der Waals surface area contributed by atoms with Crippen LogP contribution in [0, 0.1) is 0 Å². The highest BCUT2D eigenvalue weighted by Gasteiger charge is 2.19. The molecule has 2 aromatic heterocycles. The van der Waals surface area contributed by atoms with Crippen LogP contribution in [0.25, 0.3) is 55.3 Å². The highest BCUT2D eigenvalue weighted by Crippen LogP contribution is 2.42. The Labute approximate surface area is 224 Å². The minimum absolute atomic E-state index is 0.624. The normalized spacial score (nSPS) is 11.6. The molecular formula is C35H22N2O2. The lowest BCUT2D eigenvalue weighted by atomic mass is 10.0. The van der Waals surface area contributed by atoms with Gasteiger partial charge in [0.05, 0.1) is 5.69 Å². The second-order valence-corrected chi connectivity index (χ2v) is 9.62. The van der Waals surface area contributed by atoms with E-state index in [0.29, 0.717) is 5.89 Å². The van der Waals surface area contributed by atoms with Crippen molar-refractivity contribution in [2.75, 3.05) is 4.90 Å². The summed E-state index contributed by atoms with van der Waals surface area (Å²) in [4.78, 5) is 7.06. The molecule has 0 saturated heterocycles. The first-order valence-corrected chi connectivity index (χ1v) is 13.0. The summed E-state index contributed by atoms with van der Waals surface area (Å²) >= 11 is 0. The van der Waals surface area contributed by atoms with Crippen molar-refractivity contribution in [3.63, 3.8) is 0 Å². The van der Waals surface area contributed by atoms with Gasteiger partial charge in [-0.25, -0.2) is 4.98 Å². The summed E-state index contributed by atoms with van der Waals surface area (Å²) in [7, 11) is 0. The Morgan fingerprint density at radius 1 is 0.487 bits per heavy atom. The maximum absolute atomic E-state index is 6.36. The van der Waals surface area contributed by atoms with Crippen molar-refractivity contribution in [2.24, 2.45) is 0 Å². The second kappa shape index (κ2) is 8.61. The molecule has 6 aromatic carbocycles. The van der Waals surface area contributed by atoms with Crippen LogP contribution in [0.15, 0.2) is 142 Å². The molecule has 4 nitrogen and oxygen atoms in total. The van der Waals surface area contributed by atoms with E-state index in [1.54, 1.807) is 0 Å². The van der Waals surface area contributed by atoms with Gasteiger partial charge in [-0.15, -0.1) is 0 Å². The van der Waals surface area contributed by atoms with E-state index in [-0.39, 0.29) is 0 Å². The summed E-state index contributed by atoms with van der Waals surface area (Å²) in [6, 6.07) is 45.6. The Kier molecular flexibility index (Phi) is 4.79. The maximum Gasteiger partial charge on any atom is 0.227 e. The molecule has 8 aromatic rings. The van der Waals surface area contributed by atoms with E-state index in [4.69, 9.17) is 13.8 Å². The summed E-state index contributed by atoms with van der Waals surface area (Å²) in [5.41, 5.74) is 7.47. The van der Waals surface area contributed by atoms with E-state index in [0.717, 1.165) is 66.4 Å². The highest BCUT2D eigenvalue weighted by atomic mass is 16.3. The second-order valence-electron chi connectivity index (χ2n) is 9.62. The number of hydrogen-bond acceptors (Lipinski definition) is 4. The van der Waals surface area contributed by atoms with Gasteiger partial charge in [-0.05, 0) is 60.7 Å². The molecule has 0 unspecified atom stereocenters.